The maximum atomic E-state index is 13.3. The van der Waals surface area contributed by atoms with E-state index in [1.807, 2.05) is 0 Å². The fourth-order valence-electron chi connectivity index (χ4n) is 2.55. The molecule has 1 aromatic carbocycles. The van der Waals surface area contributed by atoms with E-state index >= 15 is 0 Å². The minimum Gasteiger partial charge on any atom is -0.347 e. The van der Waals surface area contributed by atoms with E-state index in [-0.39, 0.29) is 29.3 Å². The summed E-state index contributed by atoms with van der Waals surface area (Å²) < 4.78 is 13.3. The Balaban J connectivity index is 1.81. The Morgan fingerprint density at radius 1 is 1.52 bits per heavy atom. The molecule has 1 fully saturated rings. The van der Waals surface area contributed by atoms with Crippen molar-refractivity contribution in [3.05, 3.63) is 40.8 Å². The van der Waals surface area contributed by atoms with Crippen LogP contribution < -0.4 is 5.32 Å². The summed E-state index contributed by atoms with van der Waals surface area (Å²) in [4.78, 5) is 25.5. The molecule has 2 amide bonds. The van der Waals surface area contributed by atoms with Crippen LogP contribution >= 0.6 is 11.6 Å². The van der Waals surface area contributed by atoms with Crippen LogP contribution in [-0.4, -0.2) is 46.5 Å². The number of hydrogen-bond acceptors (Lipinski definition) is 3. The number of amides is 2. The van der Waals surface area contributed by atoms with Gasteiger partial charge in [-0.15, -0.1) is 0 Å². The second kappa shape index (κ2) is 6.00. The number of hydrogen-bond donors (Lipinski definition) is 2. The number of carbonyl (C=O) groups is 2. The highest BCUT2D eigenvalue weighted by Crippen LogP contribution is 2.26. The molecule has 1 atom stereocenters. The molecule has 1 aromatic heterocycles. The molecular formula is C15H14ClFN4O2. The molecule has 0 aliphatic carbocycles. The summed E-state index contributed by atoms with van der Waals surface area (Å²) in [7, 11) is 1.69. The van der Waals surface area contributed by atoms with Gasteiger partial charge in [0.1, 0.15) is 5.82 Å². The first-order chi connectivity index (χ1) is 11.0. The van der Waals surface area contributed by atoms with Crippen molar-refractivity contribution >= 4 is 23.4 Å². The Morgan fingerprint density at radius 2 is 2.30 bits per heavy atom. The van der Waals surface area contributed by atoms with Gasteiger partial charge in [-0.3, -0.25) is 14.7 Å². The van der Waals surface area contributed by atoms with E-state index in [9.17, 15) is 14.0 Å². The van der Waals surface area contributed by atoms with E-state index in [1.54, 1.807) is 11.9 Å². The van der Waals surface area contributed by atoms with E-state index < -0.39 is 5.82 Å². The average Bonchev–Trinajstić information content (AvgIpc) is 3.09. The normalized spacial score (nSPS) is 17.6. The number of halogens is 2. The SMILES string of the molecule is CN1C[C@@H](NC(=O)c2cn[nH]c2-c2ccc(F)c(Cl)c2)CC1=O. The smallest absolute Gasteiger partial charge is 0.255 e. The molecule has 0 unspecified atom stereocenters. The van der Waals surface area contributed by atoms with E-state index in [1.165, 1.54) is 24.4 Å². The average molecular weight is 337 g/mol. The Kier molecular flexibility index (Phi) is 4.04. The first kappa shape index (κ1) is 15.5. The highest BCUT2D eigenvalue weighted by molar-refractivity contribution is 6.31. The van der Waals surface area contributed by atoms with Crippen LogP contribution in [0.25, 0.3) is 11.3 Å². The third-order valence-electron chi connectivity index (χ3n) is 3.77. The van der Waals surface area contributed by atoms with Gasteiger partial charge in [-0.1, -0.05) is 11.6 Å². The highest BCUT2D eigenvalue weighted by atomic mass is 35.5. The van der Waals surface area contributed by atoms with Crippen LogP contribution in [0.5, 0.6) is 0 Å². The third-order valence-corrected chi connectivity index (χ3v) is 4.06. The molecule has 1 aliphatic rings. The predicted octanol–water partition coefficient (Wildman–Crippen LogP) is 1.83. The lowest BCUT2D eigenvalue weighted by molar-refractivity contribution is -0.126. The fraction of sp³-hybridized carbons (Fsp3) is 0.267. The number of likely N-dealkylation sites (N-methyl/N-ethyl adjacent to an activating group) is 1. The highest BCUT2D eigenvalue weighted by Gasteiger charge is 2.29. The molecule has 0 radical (unpaired) electrons. The van der Waals surface area contributed by atoms with Gasteiger partial charge in [0.2, 0.25) is 5.91 Å². The minimum absolute atomic E-state index is 0.00645. The summed E-state index contributed by atoms with van der Waals surface area (Å²) in [5.74, 6) is -0.885. The van der Waals surface area contributed by atoms with Gasteiger partial charge in [0.05, 0.1) is 28.5 Å². The van der Waals surface area contributed by atoms with Crippen molar-refractivity contribution in [3.63, 3.8) is 0 Å². The zero-order valence-corrected chi connectivity index (χ0v) is 13.0. The lowest BCUT2D eigenvalue weighted by Crippen LogP contribution is -2.36. The molecule has 1 aliphatic heterocycles. The minimum atomic E-state index is -0.534. The molecule has 0 bridgehead atoms. The summed E-state index contributed by atoms with van der Waals surface area (Å²) in [6.07, 6.45) is 1.67. The summed E-state index contributed by atoms with van der Waals surface area (Å²) in [5.41, 5.74) is 1.32. The number of rotatable bonds is 3. The van der Waals surface area contributed by atoms with Gasteiger partial charge in [-0.2, -0.15) is 5.10 Å². The van der Waals surface area contributed by atoms with Crippen LogP contribution in [0.4, 0.5) is 4.39 Å². The number of likely N-dealkylation sites (tertiary alicyclic amines) is 1. The molecule has 3 rings (SSSR count). The molecule has 2 heterocycles. The quantitative estimate of drug-likeness (QED) is 0.897. The molecule has 23 heavy (non-hydrogen) atoms. The van der Waals surface area contributed by atoms with Crippen LogP contribution in [0.2, 0.25) is 5.02 Å². The van der Waals surface area contributed by atoms with Crippen LogP contribution in [0.15, 0.2) is 24.4 Å². The van der Waals surface area contributed by atoms with E-state index in [4.69, 9.17) is 11.6 Å². The van der Waals surface area contributed by atoms with Crippen LogP contribution in [0.1, 0.15) is 16.8 Å². The number of carbonyl (C=O) groups excluding carboxylic acids is 2. The molecule has 120 valence electrons. The van der Waals surface area contributed by atoms with Gasteiger partial charge in [0.15, 0.2) is 0 Å². The summed E-state index contributed by atoms with van der Waals surface area (Å²) >= 11 is 5.78. The first-order valence-corrected chi connectivity index (χ1v) is 7.37. The maximum Gasteiger partial charge on any atom is 0.255 e. The van der Waals surface area contributed by atoms with Crippen molar-refractivity contribution in [3.8, 4) is 11.3 Å². The standard InChI is InChI=1S/C15H14ClFN4O2/c1-21-7-9(5-13(21)22)19-15(23)10-6-18-20-14(10)8-2-3-12(17)11(16)4-8/h2-4,6,9H,5,7H2,1H3,(H,18,20)(H,19,23)/t9-/m0/s1. The topological polar surface area (TPSA) is 78.1 Å². The number of benzene rings is 1. The van der Waals surface area contributed by atoms with Gasteiger partial charge in [-0.05, 0) is 18.2 Å². The zero-order chi connectivity index (χ0) is 16.6. The largest absolute Gasteiger partial charge is 0.347 e. The van der Waals surface area contributed by atoms with Crippen molar-refractivity contribution < 1.29 is 14.0 Å². The molecule has 8 heteroatoms. The summed E-state index contributed by atoms with van der Waals surface area (Å²) in [6.45, 7) is 0.472. The Morgan fingerprint density at radius 3 is 2.96 bits per heavy atom. The van der Waals surface area contributed by atoms with Crippen molar-refractivity contribution in [1.82, 2.24) is 20.4 Å². The lowest BCUT2D eigenvalue weighted by Gasteiger charge is -2.12. The van der Waals surface area contributed by atoms with E-state index in [0.29, 0.717) is 23.4 Å². The van der Waals surface area contributed by atoms with Crippen molar-refractivity contribution in [2.24, 2.45) is 0 Å². The molecular weight excluding hydrogens is 323 g/mol. The van der Waals surface area contributed by atoms with Crippen molar-refractivity contribution in [2.45, 2.75) is 12.5 Å². The Hall–Kier alpha value is -2.41. The van der Waals surface area contributed by atoms with Crippen LogP contribution in [-0.2, 0) is 4.79 Å². The van der Waals surface area contributed by atoms with Gasteiger partial charge < -0.3 is 10.2 Å². The molecule has 6 nitrogen and oxygen atoms in total. The van der Waals surface area contributed by atoms with Gasteiger partial charge >= 0.3 is 0 Å². The number of H-pyrrole nitrogens is 1. The Bertz CT molecular complexity index is 777. The second-order valence-corrected chi connectivity index (χ2v) is 5.84. The monoisotopic (exact) mass is 336 g/mol. The zero-order valence-electron chi connectivity index (χ0n) is 12.3. The second-order valence-electron chi connectivity index (χ2n) is 5.44. The van der Waals surface area contributed by atoms with Gasteiger partial charge in [0, 0.05) is 25.6 Å². The third kappa shape index (κ3) is 3.05. The molecule has 0 saturated carbocycles. The summed E-state index contributed by atoms with van der Waals surface area (Å²) in [5, 5.41) is 9.37. The predicted molar refractivity (Wildman–Crippen MR) is 82.5 cm³/mol. The Labute approximate surface area is 136 Å². The van der Waals surface area contributed by atoms with Gasteiger partial charge in [-0.25, -0.2) is 4.39 Å². The maximum absolute atomic E-state index is 13.3. The van der Waals surface area contributed by atoms with E-state index in [2.05, 4.69) is 15.5 Å². The molecule has 2 aromatic rings. The van der Waals surface area contributed by atoms with Crippen molar-refractivity contribution in [2.75, 3.05) is 13.6 Å². The van der Waals surface area contributed by atoms with E-state index in [0.717, 1.165) is 0 Å². The van der Waals surface area contributed by atoms with Crippen LogP contribution in [0, 0.1) is 5.82 Å². The fourth-order valence-corrected chi connectivity index (χ4v) is 2.73. The summed E-state index contributed by atoms with van der Waals surface area (Å²) in [6, 6.07) is 3.93. The lowest BCUT2D eigenvalue weighted by atomic mass is 10.1. The molecule has 0 spiro atoms. The van der Waals surface area contributed by atoms with Crippen molar-refractivity contribution in [1.29, 1.82) is 0 Å². The number of nitrogens with one attached hydrogen (secondary N) is 2. The molecule has 1 saturated heterocycles. The number of aromatic amines is 1. The van der Waals surface area contributed by atoms with Crippen LogP contribution in [0.3, 0.4) is 0 Å². The number of aromatic nitrogens is 2. The van der Waals surface area contributed by atoms with Gasteiger partial charge in [0.25, 0.3) is 5.91 Å². The number of nitrogens with zero attached hydrogens (tertiary/aromatic N) is 2. The molecule has 2 N–H and O–H groups in total. The first-order valence-electron chi connectivity index (χ1n) is 6.99.